The van der Waals surface area contributed by atoms with E-state index < -0.39 is 0 Å². The molecular weight excluding hydrogens is 280 g/mol. The van der Waals surface area contributed by atoms with Gasteiger partial charge >= 0.3 is 0 Å². The van der Waals surface area contributed by atoms with Crippen LogP contribution in [0, 0.1) is 0 Å². The van der Waals surface area contributed by atoms with E-state index in [-0.39, 0.29) is 5.91 Å². The van der Waals surface area contributed by atoms with Crippen LogP contribution in [-0.4, -0.2) is 21.7 Å². The van der Waals surface area contributed by atoms with Crippen molar-refractivity contribution in [3.63, 3.8) is 0 Å². The Morgan fingerprint density at radius 1 is 1.14 bits per heavy atom. The minimum atomic E-state index is -0.0318. The van der Waals surface area contributed by atoms with Crippen molar-refractivity contribution in [3.8, 4) is 0 Å². The maximum Gasteiger partial charge on any atom is 0.264 e. The van der Waals surface area contributed by atoms with Gasteiger partial charge < -0.3 is 0 Å². The zero-order valence-corrected chi connectivity index (χ0v) is 12.9. The van der Waals surface area contributed by atoms with Crippen LogP contribution >= 0.6 is 11.8 Å². The molecule has 21 heavy (non-hydrogen) atoms. The second-order valence-electron chi connectivity index (χ2n) is 4.78. The molecule has 0 aliphatic carbocycles. The highest BCUT2D eigenvalue weighted by Crippen LogP contribution is 2.23. The van der Waals surface area contributed by atoms with Crippen LogP contribution in [0.5, 0.6) is 0 Å². The number of carbonyl (C=O) groups excluding carboxylic acids is 1. The molecule has 0 unspecified atom stereocenters. The highest BCUT2D eigenvalue weighted by atomic mass is 32.2. The molecular formula is C17H16N2OS. The van der Waals surface area contributed by atoms with Crippen LogP contribution in [0.1, 0.15) is 22.8 Å². The van der Waals surface area contributed by atoms with Gasteiger partial charge in [-0.15, -0.1) is 0 Å². The molecule has 4 heteroatoms. The lowest BCUT2D eigenvalue weighted by molar-refractivity contribution is 0.0955. The van der Waals surface area contributed by atoms with E-state index in [4.69, 9.17) is 0 Å². The Morgan fingerprint density at radius 3 is 2.52 bits per heavy atom. The molecule has 1 aromatic heterocycles. The summed E-state index contributed by atoms with van der Waals surface area (Å²) in [6.45, 7) is 2.10. The number of rotatable bonds is 3. The van der Waals surface area contributed by atoms with E-state index in [0.29, 0.717) is 5.56 Å². The summed E-state index contributed by atoms with van der Waals surface area (Å²) in [5, 5.41) is 0.723. The Balaban J connectivity index is 2.11. The van der Waals surface area contributed by atoms with Crippen LogP contribution < -0.4 is 0 Å². The third-order valence-electron chi connectivity index (χ3n) is 3.52. The van der Waals surface area contributed by atoms with Gasteiger partial charge in [-0.2, -0.15) is 0 Å². The molecule has 0 aliphatic rings. The van der Waals surface area contributed by atoms with Gasteiger partial charge in [0.2, 0.25) is 0 Å². The van der Waals surface area contributed by atoms with Gasteiger partial charge in [0.05, 0.1) is 11.0 Å². The number of hydrogen-bond donors (Lipinski definition) is 0. The lowest BCUT2D eigenvalue weighted by Crippen LogP contribution is -2.13. The van der Waals surface area contributed by atoms with E-state index in [1.165, 1.54) is 17.3 Å². The van der Waals surface area contributed by atoms with Gasteiger partial charge in [-0.3, -0.25) is 9.36 Å². The largest absolute Gasteiger partial charge is 0.268 e. The van der Waals surface area contributed by atoms with E-state index in [0.717, 1.165) is 22.6 Å². The molecule has 3 rings (SSSR count). The van der Waals surface area contributed by atoms with E-state index in [9.17, 15) is 4.79 Å². The fourth-order valence-electron chi connectivity index (χ4n) is 2.35. The smallest absolute Gasteiger partial charge is 0.264 e. The minimum Gasteiger partial charge on any atom is -0.268 e. The summed E-state index contributed by atoms with van der Waals surface area (Å²) in [7, 11) is 0. The van der Waals surface area contributed by atoms with Crippen molar-refractivity contribution >= 4 is 28.7 Å². The lowest BCUT2D eigenvalue weighted by Gasteiger charge is -2.07. The van der Waals surface area contributed by atoms with Crippen LogP contribution in [-0.2, 0) is 6.42 Å². The fourth-order valence-corrected chi connectivity index (χ4v) is 2.90. The van der Waals surface area contributed by atoms with Crippen molar-refractivity contribution in [1.29, 1.82) is 0 Å². The van der Waals surface area contributed by atoms with Crippen LogP contribution in [0.25, 0.3) is 11.0 Å². The van der Waals surface area contributed by atoms with E-state index >= 15 is 0 Å². The summed E-state index contributed by atoms with van der Waals surface area (Å²) in [5.41, 5.74) is 3.62. The summed E-state index contributed by atoms with van der Waals surface area (Å²) < 4.78 is 1.70. The summed E-state index contributed by atoms with van der Waals surface area (Å²) in [6, 6.07) is 15.5. The van der Waals surface area contributed by atoms with Crippen molar-refractivity contribution in [2.24, 2.45) is 0 Å². The Bertz CT molecular complexity index is 790. The number of fused-ring (bicyclic) bond motifs is 1. The Morgan fingerprint density at radius 2 is 1.86 bits per heavy atom. The predicted molar refractivity (Wildman–Crippen MR) is 87.1 cm³/mol. The van der Waals surface area contributed by atoms with Gasteiger partial charge in [-0.05, 0) is 42.5 Å². The molecule has 3 nitrogen and oxygen atoms in total. The summed E-state index contributed by atoms with van der Waals surface area (Å²) in [4.78, 5) is 17.3. The second-order valence-corrected chi connectivity index (χ2v) is 5.55. The van der Waals surface area contributed by atoms with Crippen LogP contribution in [0.2, 0.25) is 0 Å². The van der Waals surface area contributed by atoms with E-state index in [1.807, 2.05) is 54.8 Å². The first-order chi connectivity index (χ1) is 10.2. The van der Waals surface area contributed by atoms with Crippen molar-refractivity contribution in [3.05, 3.63) is 59.7 Å². The quantitative estimate of drug-likeness (QED) is 0.685. The SMILES string of the molecule is CCc1ccc(C(=O)n2c(SC)nc3ccccc32)cc1. The van der Waals surface area contributed by atoms with Gasteiger partial charge in [-0.25, -0.2) is 4.98 Å². The number of para-hydroxylation sites is 2. The zero-order chi connectivity index (χ0) is 14.8. The zero-order valence-electron chi connectivity index (χ0n) is 12.0. The molecule has 0 fully saturated rings. The lowest BCUT2D eigenvalue weighted by atomic mass is 10.1. The number of imidazole rings is 1. The Hall–Kier alpha value is -2.07. The standard InChI is InChI=1S/C17H16N2OS/c1-3-12-8-10-13(11-9-12)16(20)19-15-7-5-4-6-14(15)18-17(19)21-2/h4-11H,3H2,1-2H3. The molecule has 2 aromatic carbocycles. The summed E-state index contributed by atoms with van der Waals surface area (Å²) >= 11 is 1.48. The fraction of sp³-hybridized carbons (Fsp3) is 0.176. The van der Waals surface area contributed by atoms with E-state index in [2.05, 4.69) is 11.9 Å². The normalized spacial score (nSPS) is 11.0. The highest BCUT2D eigenvalue weighted by Gasteiger charge is 2.17. The van der Waals surface area contributed by atoms with Gasteiger partial charge in [-0.1, -0.05) is 43.0 Å². The van der Waals surface area contributed by atoms with Crippen LogP contribution in [0.3, 0.4) is 0 Å². The summed E-state index contributed by atoms with van der Waals surface area (Å²) in [6.07, 6.45) is 2.91. The first-order valence-corrected chi connectivity index (χ1v) is 8.12. The number of aromatic nitrogens is 2. The van der Waals surface area contributed by atoms with Crippen molar-refractivity contribution < 1.29 is 4.79 Å². The number of thioether (sulfide) groups is 1. The second kappa shape index (κ2) is 5.74. The molecule has 3 aromatic rings. The van der Waals surface area contributed by atoms with E-state index in [1.54, 1.807) is 4.57 Å². The van der Waals surface area contributed by atoms with Gasteiger partial charge in [0.1, 0.15) is 0 Å². The average molecular weight is 296 g/mol. The third-order valence-corrected chi connectivity index (χ3v) is 4.16. The van der Waals surface area contributed by atoms with Crippen molar-refractivity contribution in [2.45, 2.75) is 18.5 Å². The Labute approximate surface area is 128 Å². The first-order valence-electron chi connectivity index (χ1n) is 6.89. The molecule has 0 amide bonds. The number of carbonyl (C=O) groups is 1. The minimum absolute atomic E-state index is 0.0318. The summed E-state index contributed by atoms with van der Waals surface area (Å²) in [5.74, 6) is -0.0318. The molecule has 106 valence electrons. The van der Waals surface area contributed by atoms with Gasteiger partial charge in [0, 0.05) is 5.56 Å². The Kier molecular flexibility index (Phi) is 3.80. The van der Waals surface area contributed by atoms with Crippen molar-refractivity contribution in [2.75, 3.05) is 6.26 Å². The number of nitrogens with zero attached hydrogens (tertiary/aromatic N) is 2. The molecule has 0 atom stereocenters. The maximum atomic E-state index is 12.8. The van der Waals surface area contributed by atoms with Crippen LogP contribution in [0.4, 0.5) is 0 Å². The molecule has 0 bridgehead atoms. The van der Waals surface area contributed by atoms with Crippen molar-refractivity contribution in [1.82, 2.24) is 9.55 Å². The molecule has 0 spiro atoms. The van der Waals surface area contributed by atoms with Gasteiger partial charge in [0.15, 0.2) is 5.16 Å². The topological polar surface area (TPSA) is 34.9 Å². The molecule has 0 saturated heterocycles. The third kappa shape index (κ3) is 2.47. The number of aryl methyl sites for hydroxylation is 1. The van der Waals surface area contributed by atoms with Gasteiger partial charge in [0.25, 0.3) is 5.91 Å². The van der Waals surface area contributed by atoms with Crippen LogP contribution in [0.15, 0.2) is 53.7 Å². The first kappa shape index (κ1) is 13.9. The molecule has 0 N–H and O–H groups in total. The number of benzene rings is 2. The monoisotopic (exact) mass is 296 g/mol. The average Bonchev–Trinajstić information content (AvgIpc) is 2.92. The molecule has 1 heterocycles. The maximum absolute atomic E-state index is 12.8. The predicted octanol–water partition coefficient (Wildman–Crippen LogP) is 4.01. The molecule has 0 saturated carbocycles. The highest BCUT2D eigenvalue weighted by molar-refractivity contribution is 7.98. The number of hydrogen-bond acceptors (Lipinski definition) is 3. The molecule has 0 aliphatic heterocycles. The molecule has 0 radical (unpaired) electrons.